The Morgan fingerprint density at radius 1 is 1.20 bits per heavy atom. The number of para-hydroxylation sites is 1. The summed E-state index contributed by atoms with van der Waals surface area (Å²) >= 11 is 0. The van der Waals surface area contributed by atoms with E-state index >= 15 is 0 Å². The summed E-state index contributed by atoms with van der Waals surface area (Å²) < 4.78 is 0. The Bertz CT molecular complexity index is 384. The summed E-state index contributed by atoms with van der Waals surface area (Å²) in [4.78, 5) is 2.61. The number of nitrogens with zero attached hydrogens (tertiary/aromatic N) is 1. The average Bonchev–Trinajstić information content (AvgIpc) is 2.49. The van der Waals surface area contributed by atoms with Gasteiger partial charge in [0.25, 0.3) is 0 Å². The monoisotopic (exact) mass is 275 g/mol. The van der Waals surface area contributed by atoms with Crippen molar-refractivity contribution in [1.82, 2.24) is 10.2 Å². The smallest absolute Gasteiger partial charge is 0.0387 e. The summed E-state index contributed by atoms with van der Waals surface area (Å²) in [6.07, 6.45) is 5.16. The molecule has 1 heterocycles. The Labute approximate surface area is 123 Å². The highest BCUT2D eigenvalue weighted by molar-refractivity contribution is 5.51. The fraction of sp³-hybridized carbons (Fsp3) is 0.647. The number of unbranched alkanes of at least 4 members (excludes halogenated alkanes) is 1. The van der Waals surface area contributed by atoms with E-state index in [0.29, 0.717) is 6.04 Å². The number of piperidine rings is 1. The van der Waals surface area contributed by atoms with E-state index in [-0.39, 0.29) is 0 Å². The third kappa shape index (κ3) is 4.50. The molecule has 0 amide bonds. The van der Waals surface area contributed by atoms with Crippen molar-refractivity contribution < 1.29 is 0 Å². The van der Waals surface area contributed by atoms with E-state index in [2.05, 4.69) is 46.7 Å². The summed E-state index contributed by atoms with van der Waals surface area (Å²) in [6, 6.07) is 9.28. The Hall–Kier alpha value is -1.06. The molecule has 0 unspecified atom stereocenters. The van der Waals surface area contributed by atoms with Crippen LogP contribution in [0, 0.1) is 0 Å². The first-order valence-corrected chi connectivity index (χ1v) is 8.05. The topological polar surface area (TPSA) is 27.3 Å². The molecule has 1 fully saturated rings. The predicted molar refractivity (Wildman–Crippen MR) is 87.2 cm³/mol. The minimum Gasteiger partial charge on any atom is -0.382 e. The zero-order chi connectivity index (χ0) is 14.2. The molecule has 1 aromatic carbocycles. The summed E-state index contributed by atoms with van der Waals surface area (Å²) in [5.74, 6) is 0. The normalized spacial score (nSPS) is 17.3. The van der Waals surface area contributed by atoms with Crippen LogP contribution in [0.3, 0.4) is 0 Å². The molecule has 0 atom stereocenters. The van der Waals surface area contributed by atoms with Crippen molar-refractivity contribution >= 4 is 5.69 Å². The average molecular weight is 275 g/mol. The number of rotatable bonds is 7. The number of hydrogen-bond donors (Lipinski definition) is 2. The molecule has 1 aliphatic heterocycles. The van der Waals surface area contributed by atoms with E-state index in [1.165, 1.54) is 56.6 Å². The molecule has 2 N–H and O–H groups in total. The second-order valence-corrected chi connectivity index (χ2v) is 5.80. The summed E-state index contributed by atoms with van der Waals surface area (Å²) in [5.41, 5.74) is 2.66. The van der Waals surface area contributed by atoms with Crippen molar-refractivity contribution in [3.05, 3.63) is 29.8 Å². The quantitative estimate of drug-likeness (QED) is 0.801. The van der Waals surface area contributed by atoms with Gasteiger partial charge in [0.05, 0.1) is 0 Å². The standard InChI is InChI=1S/C17H29N3/c1-3-4-11-20-12-9-16(10-13-20)19-17-8-6-5-7-15(17)14-18-2/h5-8,16,18-19H,3-4,9-14H2,1-2H3. The summed E-state index contributed by atoms with van der Waals surface area (Å²) in [7, 11) is 2.00. The molecule has 1 saturated heterocycles. The molecule has 0 aromatic heterocycles. The summed E-state index contributed by atoms with van der Waals surface area (Å²) in [6.45, 7) is 6.96. The molecular weight excluding hydrogens is 246 g/mol. The minimum atomic E-state index is 0.630. The van der Waals surface area contributed by atoms with E-state index in [4.69, 9.17) is 0 Å². The molecule has 3 heteroatoms. The van der Waals surface area contributed by atoms with Gasteiger partial charge in [0.2, 0.25) is 0 Å². The van der Waals surface area contributed by atoms with Crippen molar-refractivity contribution in [2.24, 2.45) is 0 Å². The molecule has 0 saturated carbocycles. The second kappa shape index (κ2) is 8.28. The number of anilines is 1. The van der Waals surface area contributed by atoms with Crippen LogP contribution in [0.5, 0.6) is 0 Å². The number of nitrogens with one attached hydrogen (secondary N) is 2. The first kappa shape index (κ1) is 15.3. The largest absolute Gasteiger partial charge is 0.382 e. The van der Waals surface area contributed by atoms with Gasteiger partial charge in [-0.15, -0.1) is 0 Å². The van der Waals surface area contributed by atoms with E-state index in [9.17, 15) is 0 Å². The zero-order valence-electron chi connectivity index (χ0n) is 13.0. The van der Waals surface area contributed by atoms with Crippen LogP contribution in [0.25, 0.3) is 0 Å². The Kier molecular flexibility index (Phi) is 6.34. The Morgan fingerprint density at radius 3 is 2.65 bits per heavy atom. The Morgan fingerprint density at radius 2 is 1.95 bits per heavy atom. The van der Waals surface area contributed by atoms with Gasteiger partial charge in [0.1, 0.15) is 0 Å². The van der Waals surface area contributed by atoms with Crippen LogP contribution in [-0.4, -0.2) is 37.6 Å². The molecule has 0 bridgehead atoms. The second-order valence-electron chi connectivity index (χ2n) is 5.80. The van der Waals surface area contributed by atoms with Crippen LogP contribution < -0.4 is 10.6 Å². The molecule has 3 nitrogen and oxygen atoms in total. The van der Waals surface area contributed by atoms with Crippen LogP contribution in [0.4, 0.5) is 5.69 Å². The maximum atomic E-state index is 3.74. The lowest BCUT2D eigenvalue weighted by molar-refractivity contribution is 0.216. The number of hydrogen-bond acceptors (Lipinski definition) is 3. The summed E-state index contributed by atoms with van der Waals surface area (Å²) in [5, 5.41) is 6.99. The van der Waals surface area contributed by atoms with Gasteiger partial charge < -0.3 is 15.5 Å². The maximum absolute atomic E-state index is 3.74. The molecule has 20 heavy (non-hydrogen) atoms. The minimum absolute atomic E-state index is 0.630. The highest BCUT2D eigenvalue weighted by Gasteiger charge is 2.18. The van der Waals surface area contributed by atoms with Crippen LogP contribution in [0.15, 0.2) is 24.3 Å². The fourth-order valence-electron chi connectivity index (χ4n) is 2.91. The Balaban J connectivity index is 1.83. The van der Waals surface area contributed by atoms with Crippen LogP contribution >= 0.6 is 0 Å². The van der Waals surface area contributed by atoms with Gasteiger partial charge in [-0.1, -0.05) is 31.5 Å². The van der Waals surface area contributed by atoms with Gasteiger partial charge >= 0.3 is 0 Å². The third-order valence-corrected chi connectivity index (χ3v) is 4.16. The van der Waals surface area contributed by atoms with Gasteiger partial charge in [-0.2, -0.15) is 0 Å². The fourth-order valence-corrected chi connectivity index (χ4v) is 2.91. The molecular formula is C17H29N3. The van der Waals surface area contributed by atoms with Crippen LogP contribution in [-0.2, 0) is 6.54 Å². The lowest BCUT2D eigenvalue weighted by Crippen LogP contribution is -2.39. The van der Waals surface area contributed by atoms with Gasteiger partial charge in [0.15, 0.2) is 0 Å². The van der Waals surface area contributed by atoms with E-state index in [1.807, 2.05) is 7.05 Å². The van der Waals surface area contributed by atoms with E-state index < -0.39 is 0 Å². The number of likely N-dealkylation sites (tertiary alicyclic amines) is 1. The molecule has 0 spiro atoms. The zero-order valence-corrected chi connectivity index (χ0v) is 13.0. The van der Waals surface area contributed by atoms with Gasteiger partial charge in [-0.05, 0) is 44.5 Å². The molecule has 112 valence electrons. The van der Waals surface area contributed by atoms with Crippen molar-refractivity contribution in [3.8, 4) is 0 Å². The molecule has 0 radical (unpaired) electrons. The van der Waals surface area contributed by atoms with Gasteiger partial charge in [-0.3, -0.25) is 0 Å². The highest BCUT2D eigenvalue weighted by Crippen LogP contribution is 2.20. The predicted octanol–water partition coefficient (Wildman–Crippen LogP) is 3.08. The maximum Gasteiger partial charge on any atom is 0.0387 e. The van der Waals surface area contributed by atoms with Crippen molar-refractivity contribution in [2.75, 3.05) is 32.0 Å². The van der Waals surface area contributed by atoms with E-state index in [1.54, 1.807) is 0 Å². The SMILES string of the molecule is CCCCN1CCC(Nc2ccccc2CNC)CC1. The third-order valence-electron chi connectivity index (χ3n) is 4.16. The molecule has 2 rings (SSSR count). The van der Waals surface area contributed by atoms with Crippen molar-refractivity contribution in [3.63, 3.8) is 0 Å². The lowest BCUT2D eigenvalue weighted by atomic mass is 10.0. The molecule has 0 aliphatic carbocycles. The van der Waals surface area contributed by atoms with Crippen LogP contribution in [0.1, 0.15) is 38.2 Å². The van der Waals surface area contributed by atoms with Gasteiger partial charge in [0, 0.05) is 31.4 Å². The molecule has 1 aliphatic rings. The van der Waals surface area contributed by atoms with Crippen molar-refractivity contribution in [2.45, 2.75) is 45.2 Å². The first-order valence-electron chi connectivity index (χ1n) is 8.05. The molecule has 1 aromatic rings. The highest BCUT2D eigenvalue weighted by atomic mass is 15.1. The van der Waals surface area contributed by atoms with E-state index in [0.717, 1.165) is 6.54 Å². The van der Waals surface area contributed by atoms with Gasteiger partial charge in [-0.25, -0.2) is 0 Å². The first-order chi connectivity index (χ1) is 9.83. The number of benzene rings is 1. The lowest BCUT2D eigenvalue weighted by Gasteiger charge is -2.33. The van der Waals surface area contributed by atoms with Crippen LogP contribution in [0.2, 0.25) is 0 Å². The van der Waals surface area contributed by atoms with Crippen molar-refractivity contribution in [1.29, 1.82) is 0 Å².